The van der Waals surface area contributed by atoms with Crippen LogP contribution in [0, 0.1) is 11.8 Å². The van der Waals surface area contributed by atoms with Crippen molar-refractivity contribution in [3.05, 3.63) is 0 Å². The second kappa shape index (κ2) is 9.02. The Hall–Kier alpha value is -1.06. The van der Waals surface area contributed by atoms with E-state index in [1.807, 2.05) is 6.92 Å². The van der Waals surface area contributed by atoms with E-state index in [4.69, 9.17) is 5.11 Å². The maximum atomic E-state index is 11.3. The monoisotopic (exact) mass is 243 g/mol. The molecule has 4 nitrogen and oxygen atoms in total. The van der Waals surface area contributed by atoms with Gasteiger partial charge in [-0.2, -0.15) is 0 Å². The molecular weight excluding hydrogens is 218 g/mol. The predicted octanol–water partition coefficient (Wildman–Crippen LogP) is 2.43. The molecule has 0 spiro atoms. The highest BCUT2D eigenvalue weighted by molar-refractivity contribution is 5.75. The van der Waals surface area contributed by atoms with Crippen LogP contribution >= 0.6 is 0 Å². The molecule has 1 unspecified atom stereocenters. The third-order valence-corrected chi connectivity index (χ3v) is 2.99. The number of nitrogens with one attached hydrogen (secondary N) is 1. The van der Waals surface area contributed by atoms with E-state index < -0.39 is 5.97 Å². The molecule has 0 aromatic rings. The van der Waals surface area contributed by atoms with Gasteiger partial charge in [-0.1, -0.05) is 20.8 Å². The quantitative estimate of drug-likeness (QED) is 0.653. The average molecular weight is 243 g/mol. The van der Waals surface area contributed by atoms with Crippen LogP contribution in [0.4, 0.5) is 0 Å². The number of hydrogen-bond donors (Lipinski definition) is 2. The van der Waals surface area contributed by atoms with Crippen LogP contribution in [0.2, 0.25) is 0 Å². The Kier molecular flexibility index (Phi) is 8.46. The van der Waals surface area contributed by atoms with E-state index in [1.165, 1.54) is 0 Å². The molecule has 0 aliphatic rings. The van der Waals surface area contributed by atoms with Gasteiger partial charge in [0.25, 0.3) is 0 Å². The van der Waals surface area contributed by atoms with Crippen molar-refractivity contribution in [2.24, 2.45) is 11.8 Å². The van der Waals surface area contributed by atoms with Crippen molar-refractivity contribution >= 4 is 11.9 Å². The molecule has 1 amide bonds. The summed E-state index contributed by atoms with van der Waals surface area (Å²) in [5, 5.41) is 11.5. The van der Waals surface area contributed by atoms with Crippen LogP contribution in [0.1, 0.15) is 52.9 Å². The van der Waals surface area contributed by atoms with Crippen LogP contribution in [-0.4, -0.2) is 23.5 Å². The van der Waals surface area contributed by atoms with Crippen LogP contribution in [0.15, 0.2) is 0 Å². The normalized spacial score (nSPS) is 12.5. The molecule has 0 fully saturated rings. The number of carboxylic acid groups (broad SMARTS) is 1. The van der Waals surface area contributed by atoms with Crippen LogP contribution in [0.3, 0.4) is 0 Å². The van der Waals surface area contributed by atoms with Gasteiger partial charge in [0.05, 0.1) is 0 Å². The first-order valence-corrected chi connectivity index (χ1v) is 6.45. The summed E-state index contributed by atoms with van der Waals surface area (Å²) >= 11 is 0. The Balaban J connectivity index is 3.85. The zero-order valence-electron chi connectivity index (χ0n) is 11.2. The number of carbonyl (C=O) groups is 2. The van der Waals surface area contributed by atoms with Gasteiger partial charge in [-0.15, -0.1) is 0 Å². The third kappa shape index (κ3) is 8.72. The Morgan fingerprint density at radius 2 is 1.82 bits per heavy atom. The van der Waals surface area contributed by atoms with E-state index in [1.54, 1.807) is 0 Å². The fourth-order valence-corrected chi connectivity index (χ4v) is 1.83. The number of amides is 1. The highest BCUT2D eigenvalue weighted by atomic mass is 16.4. The minimum atomic E-state index is -0.745. The smallest absolute Gasteiger partial charge is 0.303 e. The third-order valence-electron chi connectivity index (χ3n) is 2.99. The summed E-state index contributed by atoms with van der Waals surface area (Å²) in [6.07, 6.45) is 3.20. The summed E-state index contributed by atoms with van der Waals surface area (Å²) in [4.78, 5) is 21.8. The van der Waals surface area contributed by atoms with E-state index in [2.05, 4.69) is 19.2 Å². The van der Waals surface area contributed by atoms with Crippen LogP contribution in [-0.2, 0) is 9.59 Å². The van der Waals surface area contributed by atoms with Crippen molar-refractivity contribution in [2.45, 2.75) is 52.9 Å². The molecule has 0 bridgehead atoms. The maximum absolute atomic E-state index is 11.3. The van der Waals surface area contributed by atoms with Crippen molar-refractivity contribution in [2.75, 3.05) is 6.54 Å². The number of aliphatic carboxylic acids is 1. The Morgan fingerprint density at radius 3 is 2.29 bits per heavy atom. The van der Waals surface area contributed by atoms with Gasteiger partial charge in [0.1, 0.15) is 0 Å². The van der Waals surface area contributed by atoms with Gasteiger partial charge in [-0.05, 0) is 31.1 Å². The molecule has 0 heterocycles. The van der Waals surface area contributed by atoms with Crippen molar-refractivity contribution < 1.29 is 14.7 Å². The first-order chi connectivity index (χ1) is 7.97. The minimum absolute atomic E-state index is 0.0910. The molecule has 0 aromatic carbocycles. The summed E-state index contributed by atoms with van der Waals surface area (Å²) in [5.41, 5.74) is 0. The Morgan fingerprint density at radius 1 is 1.18 bits per heavy atom. The first-order valence-electron chi connectivity index (χ1n) is 6.45. The molecule has 0 saturated heterocycles. The molecule has 100 valence electrons. The topological polar surface area (TPSA) is 66.4 Å². The fourth-order valence-electron chi connectivity index (χ4n) is 1.83. The van der Waals surface area contributed by atoms with Gasteiger partial charge in [-0.3, -0.25) is 9.59 Å². The van der Waals surface area contributed by atoms with Gasteiger partial charge >= 0.3 is 5.97 Å². The van der Waals surface area contributed by atoms with Gasteiger partial charge in [-0.25, -0.2) is 0 Å². The second-order valence-electron chi connectivity index (χ2n) is 4.83. The molecule has 17 heavy (non-hydrogen) atoms. The fraction of sp³-hybridized carbons (Fsp3) is 0.846. The van der Waals surface area contributed by atoms with E-state index in [0.29, 0.717) is 31.2 Å². The summed E-state index contributed by atoms with van der Waals surface area (Å²) in [5.74, 6) is 0.171. The number of hydrogen-bond acceptors (Lipinski definition) is 2. The van der Waals surface area contributed by atoms with E-state index >= 15 is 0 Å². The molecule has 0 rings (SSSR count). The molecule has 0 aliphatic heterocycles. The van der Waals surface area contributed by atoms with E-state index in [9.17, 15) is 9.59 Å². The highest BCUT2D eigenvalue weighted by Gasteiger charge is 2.14. The average Bonchev–Trinajstić information content (AvgIpc) is 2.22. The lowest BCUT2D eigenvalue weighted by molar-refractivity contribution is -0.137. The first kappa shape index (κ1) is 15.9. The lowest BCUT2D eigenvalue weighted by atomic mass is 9.88. The SMILES string of the molecule is CCCC(=O)NCCC(CCC(=O)O)C(C)C. The second-order valence-corrected chi connectivity index (χ2v) is 4.83. The van der Waals surface area contributed by atoms with Gasteiger partial charge in [0.15, 0.2) is 0 Å². The summed E-state index contributed by atoms with van der Waals surface area (Å²) in [7, 11) is 0. The molecule has 0 aromatic heterocycles. The summed E-state index contributed by atoms with van der Waals surface area (Å²) in [6.45, 7) is 6.82. The molecule has 1 atom stereocenters. The molecule has 2 N–H and O–H groups in total. The zero-order chi connectivity index (χ0) is 13.3. The van der Waals surface area contributed by atoms with Crippen molar-refractivity contribution in [1.82, 2.24) is 5.32 Å². The standard InChI is InChI=1S/C13H25NO3/c1-4-5-12(15)14-9-8-11(10(2)3)6-7-13(16)17/h10-11H,4-9H2,1-3H3,(H,14,15)(H,16,17). The lowest BCUT2D eigenvalue weighted by Gasteiger charge is -2.20. The molecular formula is C13H25NO3. The highest BCUT2D eigenvalue weighted by Crippen LogP contribution is 2.20. The summed E-state index contributed by atoms with van der Waals surface area (Å²) < 4.78 is 0. The molecule has 0 radical (unpaired) electrons. The molecule has 4 heteroatoms. The van der Waals surface area contributed by atoms with Gasteiger partial charge in [0, 0.05) is 19.4 Å². The number of carboxylic acids is 1. The van der Waals surface area contributed by atoms with Gasteiger partial charge in [0.2, 0.25) is 5.91 Å². The Bertz CT molecular complexity index is 239. The van der Waals surface area contributed by atoms with Crippen LogP contribution in [0.5, 0.6) is 0 Å². The largest absolute Gasteiger partial charge is 0.481 e. The Labute approximate surface area is 104 Å². The maximum Gasteiger partial charge on any atom is 0.303 e. The summed E-state index contributed by atoms with van der Waals surface area (Å²) in [6, 6.07) is 0. The minimum Gasteiger partial charge on any atom is -0.481 e. The van der Waals surface area contributed by atoms with Crippen molar-refractivity contribution in [1.29, 1.82) is 0 Å². The number of carbonyl (C=O) groups excluding carboxylic acids is 1. The lowest BCUT2D eigenvalue weighted by Crippen LogP contribution is -2.26. The number of rotatable bonds is 9. The zero-order valence-corrected chi connectivity index (χ0v) is 11.2. The molecule has 0 aliphatic carbocycles. The predicted molar refractivity (Wildman–Crippen MR) is 67.7 cm³/mol. The van der Waals surface area contributed by atoms with Crippen LogP contribution < -0.4 is 5.32 Å². The van der Waals surface area contributed by atoms with Crippen molar-refractivity contribution in [3.8, 4) is 0 Å². The van der Waals surface area contributed by atoms with E-state index in [0.717, 1.165) is 12.8 Å². The van der Waals surface area contributed by atoms with Gasteiger partial charge < -0.3 is 10.4 Å². The molecule has 0 saturated carbocycles. The van der Waals surface area contributed by atoms with Crippen LogP contribution in [0.25, 0.3) is 0 Å². The van der Waals surface area contributed by atoms with E-state index in [-0.39, 0.29) is 12.3 Å². The van der Waals surface area contributed by atoms with Crippen molar-refractivity contribution in [3.63, 3.8) is 0 Å².